The lowest BCUT2D eigenvalue weighted by atomic mass is 10.4. The van der Waals surface area contributed by atoms with Crippen molar-refractivity contribution in [3.63, 3.8) is 0 Å². The third-order valence-electron chi connectivity index (χ3n) is 2.14. The van der Waals surface area contributed by atoms with Crippen molar-refractivity contribution in [3.05, 3.63) is 22.8 Å². The number of hydrogen-bond acceptors (Lipinski definition) is 3. The molecule has 0 saturated carbocycles. The van der Waals surface area contributed by atoms with Crippen LogP contribution in [0.2, 0.25) is 0 Å². The molecule has 0 aliphatic rings. The predicted octanol–water partition coefficient (Wildman–Crippen LogP) is 2.59. The van der Waals surface area contributed by atoms with Crippen LogP contribution in [0.5, 0.6) is 0 Å². The van der Waals surface area contributed by atoms with Crippen LogP contribution in [0.3, 0.4) is 0 Å². The molecule has 16 heavy (non-hydrogen) atoms. The fourth-order valence-electron chi connectivity index (χ4n) is 1.34. The highest BCUT2D eigenvalue weighted by Gasteiger charge is 2.41. The molecule has 3 nitrogen and oxygen atoms in total. The van der Waals surface area contributed by atoms with Gasteiger partial charge in [-0.1, -0.05) is 0 Å². The van der Waals surface area contributed by atoms with Gasteiger partial charge in [0.2, 0.25) is 0 Å². The lowest BCUT2D eigenvalue weighted by Gasteiger charge is -2.25. The summed E-state index contributed by atoms with van der Waals surface area (Å²) in [6, 6.07) is 4.13. The van der Waals surface area contributed by atoms with Crippen molar-refractivity contribution < 1.29 is 13.3 Å². The van der Waals surface area contributed by atoms with Gasteiger partial charge in [0.1, 0.15) is 0 Å². The SMILES string of the molecule is CO[Si](OC)(OC)c1cc(I)c(I)c(I)c1. The molecular formula is C9H11I3O3Si. The highest BCUT2D eigenvalue weighted by Crippen LogP contribution is 2.21. The first-order valence-corrected chi connectivity index (χ1v) is 9.27. The third kappa shape index (κ3) is 3.09. The zero-order valence-corrected chi connectivity index (χ0v) is 16.5. The molecule has 0 fully saturated rings. The molecule has 0 amide bonds. The van der Waals surface area contributed by atoms with Gasteiger partial charge >= 0.3 is 8.80 Å². The van der Waals surface area contributed by atoms with Crippen molar-refractivity contribution in [2.45, 2.75) is 0 Å². The van der Waals surface area contributed by atoms with Gasteiger partial charge in [0, 0.05) is 37.2 Å². The van der Waals surface area contributed by atoms with E-state index in [0.29, 0.717) is 0 Å². The van der Waals surface area contributed by atoms with Crippen molar-refractivity contribution in [1.29, 1.82) is 0 Å². The summed E-state index contributed by atoms with van der Waals surface area (Å²) in [6.45, 7) is 0. The van der Waals surface area contributed by atoms with E-state index in [1.165, 1.54) is 10.7 Å². The Balaban J connectivity index is 3.31. The molecule has 1 rings (SSSR count). The molecule has 7 heteroatoms. The standard InChI is InChI=1S/C9H11I3O3Si/c1-13-16(14-2,15-3)6-4-7(10)9(12)8(11)5-6/h4-5H,1-3H3. The number of halogens is 3. The average molecular weight is 576 g/mol. The van der Waals surface area contributed by atoms with E-state index < -0.39 is 8.80 Å². The van der Waals surface area contributed by atoms with Crippen molar-refractivity contribution >= 4 is 81.8 Å². The van der Waals surface area contributed by atoms with Gasteiger partial charge in [-0.25, -0.2) is 0 Å². The molecule has 0 atom stereocenters. The van der Waals surface area contributed by atoms with Crippen LogP contribution in [0, 0.1) is 10.7 Å². The Labute approximate surface area is 137 Å². The van der Waals surface area contributed by atoms with Crippen molar-refractivity contribution in [1.82, 2.24) is 0 Å². The fraction of sp³-hybridized carbons (Fsp3) is 0.333. The number of benzene rings is 1. The second-order valence-corrected chi connectivity index (χ2v) is 9.24. The van der Waals surface area contributed by atoms with E-state index >= 15 is 0 Å². The summed E-state index contributed by atoms with van der Waals surface area (Å²) in [7, 11) is 2.17. The maximum atomic E-state index is 5.46. The predicted molar refractivity (Wildman–Crippen MR) is 91.0 cm³/mol. The Morgan fingerprint density at radius 3 is 1.56 bits per heavy atom. The summed E-state index contributed by atoms with van der Waals surface area (Å²) < 4.78 is 20.0. The first kappa shape index (κ1) is 15.6. The van der Waals surface area contributed by atoms with Crippen LogP contribution in [-0.2, 0) is 13.3 Å². The van der Waals surface area contributed by atoms with Gasteiger partial charge in [-0.2, -0.15) is 0 Å². The molecule has 0 bridgehead atoms. The van der Waals surface area contributed by atoms with E-state index in [4.69, 9.17) is 13.3 Å². The Hall–Kier alpha value is 1.51. The quantitative estimate of drug-likeness (QED) is 0.314. The Morgan fingerprint density at radius 1 is 0.875 bits per heavy atom. The Kier molecular flexibility index (Phi) is 6.43. The minimum absolute atomic E-state index is 0.995. The molecule has 1 aromatic carbocycles. The molecule has 0 radical (unpaired) electrons. The molecule has 0 aliphatic carbocycles. The molecule has 1 aromatic rings. The molecule has 0 heterocycles. The minimum Gasteiger partial charge on any atom is -0.373 e. The molecule has 0 spiro atoms. The second-order valence-electron chi connectivity index (χ2n) is 2.92. The summed E-state index contributed by atoms with van der Waals surface area (Å²) in [5.74, 6) is 0. The van der Waals surface area contributed by atoms with Crippen molar-refractivity contribution in [3.8, 4) is 0 Å². The van der Waals surface area contributed by atoms with Gasteiger partial charge in [0.05, 0.1) is 0 Å². The molecule has 0 saturated heterocycles. The molecule has 0 unspecified atom stereocenters. The normalized spacial score (nSPS) is 11.9. The fourth-order valence-corrected chi connectivity index (χ4v) is 5.85. The summed E-state index contributed by atoms with van der Waals surface area (Å²) in [5.41, 5.74) is 0. The third-order valence-corrected chi connectivity index (χ3v) is 9.68. The van der Waals surface area contributed by atoms with Crippen LogP contribution in [-0.4, -0.2) is 30.1 Å². The minimum atomic E-state index is -2.69. The van der Waals surface area contributed by atoms with Gasteiger partial charge < -0.3 is 13.3 Å². The van der Waals surface area contributed by atoms with E-state index in [9.17, 15) is 0 Å². The highest BCUT2D eigenvalue weighted by molar-refractivity contribution is 14.1. The molecular weight excluding hydrogens is 565 g/mol. The molecule has 0 N–H and O–H groups in total. The first-order valence-electron chi connectivity index (χ1n) is 4.31. The van der Waals surface area contributed by atoms with E-state index in [1.807, 2.05) is 0 Å². The van der Waals surface area contributed by atoms with Crippen LogP contribution < -0.4 is 5.19 Å². The van der Waals surface area contributed by atoms with Gasteiger partial charge in [-0.05, 0) is 79.9 Å². The summed E-state index contributed by atoms with van der Waals surface area (Å²) >= 11 is 6.94. The van der Waals surface area contributed by atoms with Crippen LogP contribution in [0.15, 0.2) is 12.1 Å². The van der Waals surface area contributed by atoms with Crippen LogP contribution in [0.1, 0.15) is 0 Å². The van der Waals surface area contributed by atoms with Crippen molar-refractivity contribution in [2.24, 2.45) is 0 Å². The topological polar surface area (TPSA) is 27.7 Å². The monoisotopic (exact) mass is 576 g/mol. The smallest absolute Gasteiger partial charge is 0.373 e. The molecule has 0 aromatic heterocycles. The zero-order chi connectivity index (χ0) is 12.3. The Bertz CT molecular complexity index is 351. The maximum absolute atomic E-state index is 5.46. The van der Waals surface area contributed by atoms with Gasteiger partial charge in [-0.3, -0.25) is 0 Å². The zero-order valence-electron chi connectivity index (χ0n) is 9.01. The van der Waals surface area contributed by atoms with E-state index in [0.717, 1.165) is 5.19 Å². The van der Waals surface area contributed by atoms with Crippen LogP contribution in [0.4, 0.5) is 0 Å². The second kappa shape index (κ2) is 6.61. The maximum Gasteiger partial charge on any atom is 0.536 e. The molecule has 0 aliphatic heterocycles. The van der Waals surface area contributed by atoms with Gasteiger partial charge in [-0.15, -0.1) is 0 Å². The summed E-state index contributed by atoms with van der Waals surface area (Å²) in [4.78, 5) is 0. The lowest BCUT2D eigenvalue weighted by molar-refractivity contribution is 0.140. The highest BCUT2D eigenvalue weighted by atomic mass is 127. The summed E-state index contributed by atoms with van der Waals surface area (Å²) in [6.07, 6.45) is 0. The van der Waals surface area contributed by atoms with Crippen LogP contribution in [0.25, 0.3) is 0 Å². The van der Waals surface area contributed by atoms with Crippen LogP contribution >= 0.6 is 67.8 Å². The lowest BCUT2D eigenvalue weighted by Crippen LogP contribution is -2.54. The number of hydrogen-bond donors (Lipinski definition) is 0. The average Bonchev–Trinajstić information content (AvgIpc) is 2.29. The van der Waals surface area contributed by atoms with Gasteiger partial charge in [0.25, 0.3) is 0 Å². The first-order chi connectivity index (χ1) is 7.50. The summed E-state index contributed by atoms with van der Waals surface area (Å²) in [5, 5.41) is 0.995. The number of rotatable bonds is 4. The largest absolute Gasteiger partial charge is 0.536 e. The van der Waals surface area contributed by atoms with Crippen molar-refractivity contribution in [2.75, 3.05) is 21.3 Å². The van der Waals surface area contributed by atoms with Gasteiger partial charge in [0.15, 0.2) is 0 Å². The van der Waals surface area contributed by atoms with E-state index in [2.05, 4.69) is 79.9 Å². The van der Waals surface area contributed by atoms with E-state index in [1.54, 1.807) is 21.3 Å². The Morgan fingerprint density at radius 2 is 1.25 bits per heavy atom. The molecule has 90 valence electrons. The van der Waals surface area contributed by atoms with E-state index in [-0.39, 0.29) is 0 Å².